The van der Waals surface area contributed by atoms with Gasteiger partial charge in [-0.3, -0.25) is 4.79 Å². The van der Waals surface area contributed by atoms with E-state index < -0.39 is 36.9 Å². The molecule has 422 valence electrons. The highest BCUT2D eigenvalue weighted by molar-refractivity contribution is 5.80. The molecule has 0 saturated carbocycles. The van der Waals surface area contributed by atoms with Crippen molar-refractivity contribution in [3.63, 3.8) is 0 Å². The van der Waals surface area contributed by atoms with Crippen molar-refractivity contribution in [2.24, 2.45) is 0 Å². The Bertz CT molecular complexity index is 1080. The topological polar surface area (TPSA) is 110 Å². The van der Waals surface area contributed by atoms with E-state index in [0.29, 0.717) is 19.3 Å². The Morgan fingerprint density at radius 3 is 0.887 bits per heavy atom. The lowest BCUT2D eigenvalue weighted by molar-refractivity contribution is -0.132. The molecule has 0 saturated heterocycles. The van der Waals surface area contributed by atoms with Crippen LogP contribution in [0, 0.1) is 0 Å². The van der Waals surface area contributed by atoms with Crippen molar-refractivity contribution in [2.45, 2.75) is 379 Å². The Morgan fingerprint density at radius 1 is 0.338 bits per heavy atom. The van der Waals surface area contributed by atoms with Gasteiger partial charge in [0.05, 0.1) is 18.8 Å². The van der Waals surface area contributed by atoms with E-state index in [-0.39, 0.29) is 0 Å². The summed E-state index contributed by atoms with van der Waals surface area (Å²) in [4.78, 5) is 12.6. The standard InChI is InChI=1S/C65H127NO5/c1-3-5-7-9-11-13-15-17-19-21-23-25-27-29-31-33-34-36-38-40-42-44-46-48-50-52-54-56-58-62(68)64(70)61(60-67)66-65(71)63(69)59-57-55-53-51-49-47-45-43-41-39-37-35-32-30-28-26-24-22-20-18-16-14-12-10-8-6-4-2/h42,44,50,52,61-64,67-70H,3-41,43,45-49,51,53-60H2,1-2H3,(H,66,71)/b44-42+,52-50+. The highest BCUT2D eigenvalue weighted by Crippen LogP contribution is 2.19. The summed E-state index contributed by atoms with van der Waals surface area (Å²) in [6.07, 6.45) is 74.3. The van der Waals surface area contributed by atoms with Crippen LogP contribution in [0.1, 0.15) is 354 Å². The van der Waals surface area contributed by atoms with Crippen LogP contribution >= 0.6 is 0 Å². The third-order valence-corrected chi connectivity index (χ3v) is 15.4. The molecular formula is C65H127NO5. The number of nitrogens with one attached hydrogen (secondary N) is 1. The Hall–Kier alpha value is -1.21. The van der Waals surface area contributed by atoms with Crippen LogP contribution < -0.4 is 5.32 Å². The SMILES string of the molecule is CCCCCCCCCCCCCCCCCCCCC/C=C/CC/C=C/CCCC(O)C(O)C(CO)NC(=O)C(O)CCCCCCCCCCCCCCCCCCCCCCCCCCCCC. The molecule has 4 unspecified atom stereocenters. The summed E-state index contributed by atoms with van der Waals surface area (Å²) in [5.74, 6) is -0.590. The van der Waals surface area contributed by atoms with Crippen LogP contribution in [0.15, 0.2) is 24.3 Å². The quantitative estimate of drug-likeness (QED) is 0.0308. The first-order valence-corrected chi connectivity index (χ1v) is 32.2. The predicted octanol–water partition coefficient (Wildman–Crippen LogP) is 19.4. The fourth-order valence-electron chi connectivity index (χ4n) is 10.4. The van der Waals surface area contributed by atoms with E-state index >= 15 is 0 Å². The molecule has 6 nitrogen and oxygen atoms in total. The van der Waals surface area contributed by atoms with Crippen molar-refractivity contribution in [3.8, 4) is 0 Å². The average molecular weight is 1000 g/mol. The van der Waals surface area contributed by atoms with E-state index in [0.717, 1.165) is 38.5 Å². The van der Waals surface area contributed by atoms with E-state index in [4.69, 9.17) is 0 Å². The normalized spacial score (nSPS) is 13.7. The molecule has 0 rings (SSSR count). The lowest BCUT2D eigenvalue weighted by Crippen LogP contribution is -2.53. The highest BCUT2D eigenvalue weighted by atomic mass is 16.3. The maximum Gasteiger partial charge on any atom is 0.249 e. The first-order valence-electron chi connectivity index (χ1n) is 32.2. The number of aliphatic hydroxyl groups excluding tert-OH is 4. The third-order valence-electron chi connectivity index (χ3n) is 15.4. The molecule has 71 heavy (non-hydrogen) atoms. The minimum atomic E-state index is -1.29. The molecule has 0 aromatic heterocycles. The molecule has 0 spiro atoms. The number of carbonyl (C=O) groups is 1. The van der Waals surface area contributed by atoms with Gasteiger partial charge in [-0.25, -0.2) is 0 Å². The summed E-state index contributed by atoms with van der Waals surface area (Å²) in [5, 5.41) is 44.1. The van der Waals surface area contributed by atoms with E-state index in [1.807, 2.05) is 0 Å². The van der Waals surface area contributed by atoms with Gasteiger partial charge < -0.3 is 25.7 Å². The minimum absolute atomic E-state index is 0.365. The average Bonchev–Trinajstić information content (AvgIpc) is 3.38. The number of aliphatic hydroxyl groups is 4. The second kappa shape index (κ2) is 59.7. The molecule has 0 heterocycles. The zero-order chi connectivity index (χ0) is 51.6. The Kier molecular flexibility index (Phi) is 58.6. The first kappa shape index (κ1) is 69.8. The third kappa shape index (κ3) is 53.4. The van der Waals surface area contributed by atoms with Gasteiger partial charge in [0.15, 0.2) is 0 Å². The number of allylic oxidation sites excluding steroid dienone is 4. The smallest absolute Gasteiger partial charge is 0.249 e. The van der Waals surface area contributed by atoms with Gasteiger partial charge in [0.1, 0.15) is 12.2 Å². The van der Waals surface area contributed by atoms with Gasteiger partial charge in [0.2, 0.25) is 5.91 Å². The van der Waals surface area contributed by atoms with Gasteiger partial charge in [-0.15, -0.1) is 0 Å². The Balaban J connectivity index is 3.61. The van der Waals surface area contributed by atoms with Crippen LogP contribution in [0.3, 0.4) is 0 Å². The summed E-state index contributed by atoms with van der Waals surface area (Å²) in [7, 11) is 0. The number of carbonyl (C=O) groups excluding carboxylic acids is 1. The van der Waals surface area contributed by atoms with Crippen LogP contribution in [0.25, 0.3) is 0 Å². The van der Waals surface area contributed by atoms with Gasteiger partial charge in [0.25, 0.3) is 0 Å². The molecule has 1 amide bonds. The fourth-order valence-corrected chi connectivity index (χ4v) is 10.4. The van der Waals surface area contributed by atoms with Gasteiger partial charge in [0, 0.05) is 0 Å². The summed E-state index contributed by atoms with van der Waals surface area (Å²) >= 11 is 0. The van der Waals surface area contributed by atoms with Crippen LogP contribution in [0.2, 0.25) is 0 Å². The fraction of sp³-hybridized carbons (Fsp3) is 0.923. The number of rotatable bonds is 60. The van der Waals surface area contributed by atoms with Gasteiger partial charge in [-0.05, 0) is 51.4 Å². The maximum atomic E-state index is 12.6. The van der Waals surface area contributed by atoms with E-state index in [1.165, 1.54) is 283 Å². The molecule has 0 radical (unpaired) electrons. The predicted molar refractivity (Wildman–Crippen MR) is 311 cm³/mol. The molecule has 0 aliphatic heterocycles. The van der Waals surface area contributed by atoms with Crippen molar-refractivity contribution < 1.29 is 25.2 Å². The van der Waals surface area contributed by atoms with E-state index in [1.54, 1.807) is 0 Å². The van der Waals surface area contributed by atoms with Crippen molar-refractivity contribution in [1.29, 1.82) is 0 Å². The van der Waals surface area contributed by atoms with Crippen LogP contribution in [-0.4, -0.2) is 57.3 Å². The molecule has 0 bridgehead atoms. The molecule has 6 heteroatoms. The van der Waals surface area contributed by atoms with Crippen molar-refractivity contribution in [1.82, 2.24) is 5.32 Å². The zero-order valence-electron chi connectivity index (χ0n) is 48.0. The number of hydrogen-bond donors (Lipinski definition) is 5. The molecule has 5 N–H and O–H groups in total. The van der Waals surface area contributed by atoms with Gasteiger partial charge >= 0.3 is 0 Å². The second-order valence-electron chi connectivity index (χ2n) is 22.5. The lowest BCUT2D eigenvalue weighted by atomic mass is 10.00. The van der Waals surface area contributed by atoms with Crippen LogP contribution in [0.4, 0.5) is 0 Å². The molecule has 0 aliphatic rings. The molecule has 0 aromatic rings. The lowest BCUT2D eigenvalue weighted by Gasteiger charge is -2.27. The summed E-state index contributed by atoms with van der Waals surface area (Å²) < 4.78 is 0. The highest BCUT2D eigenvalue weighted by Gasteiger charge is 2.28. The van der Waals surface area contributed by atoms with Crippen LogP contribution in [0.5, 0.6) is 0 Å². The second-order valence-corrected chi connectivity index (χ2v) is 22.5. The number of hydrogen-bond acceptors (Lipinski definition) is 5. The Labute approximate surface area is 444 Å². The monoisotopic (exact) mass is 1000 g/mol. The number of amides is 1. The van der Waals surface area contributed by atoms with E-state index in [2.05, 4.69) is 43.5 Å². The summed E-state index contributed by atoms with van der Waals surface area (Å²) in [6, 6.07) is -1.01. The molecule has 0 aliphatic carbocycles. The first-order chi connectivity index (χ1) is 35.0. The molecule has 0 fully saturated rings. The van der Waals surface area contributed by atoms with Gasteiger partial charge in [-0.2, -0.15) is 0 Å². The maximum absolute atomic E-state index is 12.6. The van der Waals surface area contributed by atoms with Crippen LogP contribution in [-0.2, 0) is 4.79 Å². The minimum Gasteiger partial charge on any atom is -0.394 e. The molecular weight excluding hydrogens is 875 g/mol. The summed E-state index contributed by atoms with van der Waals surface area (Å²) in [6.45, 7) is 4.09. The largest absolute Gasteiger partial charge is 0.394 e. The van der Waals surface area contributed by atoms with Crippen molar-refractivity contribution in [2.75, 3.05) is 6.61 Å². The zero-order valence-corrected chi connectivity index (χ0v) is 48.0. The summed E-state index contributed by atoms with van der Waals surface area (Å²) in [5.41, 5.74) is 0. The molecule has 4 atom stereocenters. The Morgan fingerprint density at radius 2 is 0.592 bits per heavy atom. The molecule has 0 aromatic carbocycles. The number of unbranched alkanes of at least 4 members (excludes halogenated alkanes) is 47. The van der Waals surface area contributed by atoms with Gasteiger partial charge in [-0.1, -0.05) is 327 Å². The van der Waals surface area contributed by atoms with Crippen molar-refractivity contribution >= 4 is 5.91 Å². The van der Waals surface area contributed by atoms with E-state index in [9.17, 15) is 25.2 Å². The van der Waals surface area contributed by atoms with Crippen molar-refractivity contribution in [3.05, 3.63) is 24.3 Å².